The molecule has 0 amide bonds. The maximum atomic E-state index is 10.3. The largest absolute Gasteiger partial charge is 0.384 e. The molecule has 2 rings (SSSR count). The van der Waals surface area contributed by atoms with Gasteiger partial charge in [0.1, 0.15) is 6.10 Å². The number of aromatic nitrogens is 1. The molecule has 1 aromatic carbocycles. The number of nitrogens with zero attached hydrogens (tertiary/aromatic N) is 1. The van der Waals surface area contributed by atoms with E-state index in [1.165, 1.54) is 0 Å². The monoisotopic (exact) mass is 267 g/mol. The zero-order chi connectivity index (χ0) is 12.4. The van der Waals surface area contributed by atoms with Gasteiger partial charge < -0.3 is 5.11 Å². The first-order valence-electron chi connectivity index (χ1n) is 5.13. The molecule has 0 saturated heterocycles. The quantitative estimate of drug-likeness (QED) is 0.899. The highest BCUT2D eigenvalue weighted by atomic mass is 35.5. The van der Waals surface area contributed by atoms with E-state index in [0.717, 1.165) is 11.1 Å². The third-order valence-electron chi connectivity index (χ3n) is 2.63. The van der Waals surface area contributed by atoms with Crippen LogP contribution in [0.25, 0.3) is 0 Å². The molecule has 2 nitrogen and oxygen atoms in total. The van der Waals surface area contributed by atoms with Gasteiger partial charge in [-0.1, -0.05) is 29.3 Å². The molecule has 0 saturated carbocycles. The SMILES string of the molecule is Cc1ccncc1C(O)c1ccc(Cl)cc1Cl. The Labute approximate surface area is 110 Å². The van der Waals surface area contributed by atoms with Crippen LogP contribution in [-0.2, 0) is 0 Å². The lowest BCUT2D eigenvalue weighted by Gasteiger charge is -2.15. The molecular weight excluding hydrogens is 257 g/mol. The van der Waals surface area contributed by atoms with Crippen LogP contribution in [0.4, 0.5) is 0 Å². The standard InChI is InChI=1S/C13H11Cl2NO/c1-8-4-5-16-7-11(8)13(17)10-3-2-9(14)6-12(10)15/h2-7,13,17H,1H3. The lowest BCUT2D eigenvalue weighted by Crippen LogP contribution is -2.03. The Hall–Kier alpha value is -1.09. The summed E-state index contributed by atoms with van der Waals surface area (Å²) in [7, 11) is 0. The van der Waals surface area contributed by atoms with Gasteiger partial charge in [-0.25, -0.2) is 0 Å². The maximum absolute atomic E-state index is 10.3. The van der Waals surface area contributed by atoms with Crippen LogP contribution in [0.15, 0.2) is 36.7 Å². The van der Waals surface area contributed by atoms with Crippen molar-refractivity contribution in [3.8, 4) is 0 Å². The third kappa shape index (κ3) is 2.60. The first-order valence-corrected chi connectivity index (χ1v) is 5.88. The highest BCUT2D eigenvalue weighted by Gasteiger charge is 2.16. The van der Waals surface area contributed by atoms with Crippen molar-refractivity contribution in [2.75, 3.05) is 0 Å². The van der Waals surface area contributed by atoms with Gasteiger partial charge in [-0.2, -0.15) is 0 Å². The minimum absolute atomic E-state index is 0.452. The number of aliphatic hydroxyl groups is 1. The van der Waals surface area contributed by atoms with E-state index in [1.807, 2.05) is 13.0 Å². The summed E-state index contributed by atoms with van der Waals surface area (Å²) in [5, 5.41) is 11.3. The molecule has 4 heteroatoms. The first kappa shape index (κ1) is 12.4. The molecule has 1 heterocycles. The van der Waals surface area contributed by atoms with Crippen LogP contribution in [0, 0.1) is 6.92 Å². The van der Waals surface area contributed by atoms with E-state index in [0.29, 0.717) is 15.6 Å². The number of hydrogen-bond acceptors (Lipinski definition) is 2. The molecule has 2 aromatic rings. The van der Waals surface area contributed by atoms with E-state index in [9.17, 15) is 5.11 Å². The van der Waals surface area contributed by atoms with E-state index in [4.69, 9.17) is 23.2 Å². The fourth-order valence-corrected chi connectivity index (χ4v) is 2.17. The van der Waals surface area contributed by atoms with Crippen LogP contribution in [-0.4, -0.2) is 10.1 Å². The summed E-state index contributed by atoms with van der Waals surface area (Å²) >= 11 is 11.9. The third-order valence-corrected chi connectivity index (χ3v) is 3.19. The van der Waals surface area contributed by atoms with Crippen LogP contribution in [0.2, 0.25) is 10.0 Å². The van der Waals surface area contributed by atoms with Gasteiger partial charge >= 0.3 is 0 Å². The van der Waals surface area contributed by atoms with Gasteiger partial charge in [0.05, 0.1) is 0 Å². The molecule has 88 valence electrons. The first-order chi connectivity index (χ1) is 8.09. The second-order valence-electron chi connectivity index (χ2n) is 3.80. The summed E-state index contributed by atoms with van der Waals surface area (Å²) < 4.78 is 0. The van der Waals surface area contributed by atoms with E-state index in [1.54, 1.807) is 30.6 Å². The smallest absolute Gasteiger partial charge is 0.107 e. The number of benzene rings is 1. The number of aryl methyl sites for hydroxylation is 1. The molecule has 17 heavy (non-hydrogen) atoms. The Balaban J connectivity index is 2.44. The second kappa shape index (κ2) is 5.05. The molecule has 0 spiro atoms. The van der Waals surface area contributed by atoms with Gasteiger partial charge in [-0.05, 0) is 30.7 Å². The Morgan fingerprint density at radius 2 is 1.94 bits per heavy atom. The van der Waals surface area contributed by atoms with Crippen molar-refractivity contribution in [1.82, 2.24) is 4.98 Å². The van der Waals surface area contributed by atoms with Crippen molar-refractivity contribution in [3.63, 3.8) is 0 Å². The van der Waals surface area contributed by atoms with E-state index in [-0.39, 0.29) is 0 Å². The minimum Gasteiger partial charge on any atom is -0.384 e. The van der Waals surface area contributed by atoms with E-state index < -0.39 is 6.10 Å². The highest BCUT2D eigenvalue weighted by Crippen LogP contribution is 2.31. The van der Waals surface area contributed by atoms with Crippen LogP contribution < -0.4 is 0 Å². The molecule has 1 unspecified atom stereocenters. The molecule has 0 bridgehead atoms. The lowest BCUT2D eigenvalue weighted by molar-refractivity contribution is 0.219. The van der Waals surface area contributed by atoms with Crippen molar-refractivity contribution in [1.29, 1.82) is 0 Å². The van der Waals surface area contributed by atoms with Gasteiger partial charge in [-0.15, -0.1) is 0 Å². The Morgan fingerprint density at radius 1 is 1.18 bits per heavy atom. The number of halogens is 2. The van der Waals surface area contributed by atoms with Crippen LogP contribution in [0.1, 0.15) is 22.8 Å². The molecule has 0 aliphatic carbocycles. The Bertz CT molecular complexity index is 543. The van der Waals surface area contributed by atoms with Gasteiger partial charge in [0, 0.05) is 33.6 Å². The number of pyridine rings is 1. The van der Waals surface area contributed by atoms with E-state index >= 15 is 0 Å². The molecular formula is C13H11Cl2NO. The molecule has 0 radical (unpaired) electrons. The van der Waals surface area contributed by atoms with Gasteiger partial charge in [0.2, 0.25) is 0 Å². The summed E-state index contributed by atoms with van der Waals surface area (Å²) in [6.45, 7) is 1.92. The van der Waals surface area contributed by atoms with Gasteiger partial charge in [-0.3, -0.25) is 4.98 Å². The summed E-state index contributed by atoms with van der Waals surface area (Å²) in [6, 6.07) is 6.90. The normalized spacial score (nSPS) is 12.5. The summed E-state index contributed by atoms with van der Waals surface area (Å²) in [5.74, 6) is 0. The predicted octanol–water partition coefficient (Wildman–Crippen LogP) is 3.78. The molecule has 0 fully saturated rings. The summed E-state index contributed by atoms with van der Waals surface area (Å²) in [4.78, 5) is 4.01. The zero-order valence-electron chi connectivity index (χ0n) is 9.19. The summed E-state index contributed by atoms with van der Waals surface area (Å²) in [6.07, 6.45) is 2.55. The number of aliphatic hydroxyl groups excluding tert-OH is 1. The second-order valence-corrected chi connectivity index (χ2v) is 4.64. The average Bonchev–Trinajstić information content (AvgIpc) is 2.29. The molecule has 0 aliphatic heterocycles. The highest BCUT2D eigenvalue weighted by molar-refractivity contribution is 6.35. The fourth-order valence-electron chi connectivity index (χ4n) is 1.65. The molecule has 1 atom stereocenters. The van der Waals surface area contributed by atoms with Crippen LogP contribution in [0.5, 0.6) is 0 Å². The minimum atomic E-state index is -0.784. The fraction of sp³-hybridized carbons (Fsp3) is 0.154. The predicted molar refractivity (Wildman–Crippen MR) is 69.5 cm³/mol. The van der Waals surface area contributed by atoms with Crippen molar-refractivity contribution in [2.45, 2.75) is 13.0 Å². The van der Waals surface area contributed by atoms with Crippen molar-refractivity contribution >= 4 is 23.2 Å². The molecule has 0 aliphatic rings. The van der Waals surface area contributed by atoms with Crippen LogP contribution >= 0.6 is 23.2 Å². The van der Waals surface area contributed by atoms with E-state index in [2.05, 4.69) is 4.98 Å². The Kier molecular flexibility index (Phi) is 3.67. The van der Waals surface area contributed by atoms with Crippen molar-refractivity contribution in [3.05, 3.63) is 63.4 Å². The molecule has 1 aromatic heterocycles. The van der Waals surface area contributed by atoms with Gasteiger partial charge in [0.15, 0.2) is 0 Å². The van der Waals surface area contributed by atoms with Crippen LogP contribution in [0.3, 0.4) is 0 Å². The topological polar surface area (TPSA) is 33.1 Å². The van der Waals surface area contributed by atoms with Crippen molar-refractivity contribution < 1.29 is 5.11 Å². The lowest BCUT2D eigenvalue weighted by atomic mass is 9.99. The van der Waals surface area contributed by atoms with Gasteiger partial charge in [0.25, 0.3) is 0 Å². The number of hydrogen-bond donors (Lipinski definition) is 1. The zero-order valence-corrected chi connectivity index (χ0v) is 10.7. The van der Waals surface area contributed by atoms with Crippen molar-refractivity contribution in [2.24, 2.45) is 0 Å². The number of rotatable bonds is 2. The average molecular weight is 268 g/mol. The molecule has 1 N–H and O–H groups in total. The Morgan fingerprint density at radius 3 is 2.59 bits per heavy atom. The summed E-state index contributed by atoms with van der Waals surface area (Å²) in [5.41, 5.74) is 2.35. The maximum Gasteiger partial charge on any atom is 0.107 e.